The van der Waals surface area contributed by atoms with Gasteiger partial charge in [0.1, 0.15) is 11.6 Å². The van der Waals surface area contributed by atoms with Crippen molar-refractivity contribution in [2.45, 2.75) is 33.1 Å². The molecule has 94 valence electrons. The molecule has 1 aromatic heterocycles. The molecular formula is C14H23N3. The van der Waals surface area contributed by atoms with E-state index in [1.807, 2.05) is 13.1 Å². The molecule has 0 radical (unpaired) electrons. The number of aromatic nitrogens is 1. The summed E-state index contributed by atoms with van der Waals surface area (Å²) >= 11 is 0. The minimum absolute atomic E-state index is 0.539. The summed E-state index contributed by atoms with van der Waals surface area (Å²) in [6, 6.07) is 6.18. The van der Waals surface area contributed by atoms with E-state index in [1.165, 1.54) is 19.3 Å². The molecule has 2 rings (SSSR count). The Balaban J connectivity index is 2.05. The molecule has 1 N–H and O–H groups in total. The molecule has 1 aliphatic rings. The van der Waals surface area contributed by atoms with Crippen LogP contribution in [0.4, 0.5) is 11.6 Å². The van der Waals surface area contributed by atoms with Crippen molar-refractivity contribution < 1.29 is 0 Å². The number of pyridine rings is 1. The topological polar surface area (TPSA) is 28.2 Å². The predicted octanol–water partition coefficient (Wildman–Crippen LogP) is 3.14. The van der Waals surface area contributed by atoms with Crippen LogP contribution >= 0.6 is 0 Å². The van der Waals surface area contributed by atoms with Crippen LogP contribution in [-0.2, 0) is 0 Å². The lowest BCUT2D eigenvalue weighted by atomic mass is 9.78. The Morgan fingerprint density at radius 1 is 1.35 bits per heavy atom. The molecule has 1 saturated heterocycles. The Labute approximate surface area is 104 Å². The third-order valence-electron chi connectivity index (χ3n) is 4.14. The average molecular weight is 233 g/mol. The second-order valence-electron chi connectivity index (χ2n) is 5.28. The van der Waals surface area contributed by atoms with E-state index in [4.69, 9.17) is 0 Å². The highest BCUT2D eigenvalue weighted by molar-refractivity contribution is 5.47. The Morgan fingerprint density at radius 2 is 2.06 bits per heavy atom. The lowest BCUT2D eigenvalue weighted by Crippen LogP contribution is -2.38. The number of hydrogen-bond donors (Lipinski definition) is 1. The maximum atomic E-state index is 4.60. The van der Waals surface area contributed by atoms with Gasteiger partial charge in [-0.3, -0.25) is 0 Å². The van der Waals surface area contributed by atoms with Crippen LogP contribution in [0.2, 0.25) is 0 Å². The van der Waals surface area contributed by atoms with Crippen molar-refractivity contribution in [2.75, 3.05) is 30.4 Å². The van der Waals surface area contributed by atoms with Crippen molar-refractivity contribution in [3.63, 3.8) is 0 Å². The van der Waals surface area contributed by atoms with Gasteiger partial charge < -0.3 is 10.2 Å². The zero-order valence-corrected chi connectivity index (χ0v) is 11.2. The van der Waals surface area contributed by atoms with E-state index in [1.54, 1.807) is 0 Å². The van der Waals surface area contributed by atoms with Gasteiger partial charge in [0.2, 0.25) is 0 Å². The summed E-state index contributed by atoms with van der Waals surface area (Å²) in [6.45, 7) is 6.96. The summed E-state index contributed by atoms with van der Waals surface area (Å²) in [6.07, 6.45) is 3.83. The molecule has 1 aromatic rings. The highest BCUT2D eigenvalue weighted by Crippen LogP contribution is 2.35. The minimum atomic E-state index is 0.539. The first-order valence-corrected chi connectivity index (χ1v) is 6.57. The zero-order valence-electron chi connectivity index (χ0n) is 11.2. The highest BCUT2D eigenvalue weighted by atomic mass is 15.2. The fourth-order valence-electron chi connectivity index (χ4n) is 2.37. The van der Waals surface area contributed by atoms with Crippen LogP contribution in [0.25, 0.3) is 0 Å². The summed E-state index contributed by atoms with van der Waals surface area (Å²) in [4.78, 5) is 7.00. The number of nitrogens with one attached hydrogen (secondary N) is 1. The van der Waals surface area contributed by atoms with Crippen LogP contribution in [0.3, 0.4) is 0 Å². The van der Waals surface area contributed by atoms with E-state index < -0.39 is 0 Å². The van der Waals surface area contributed by atoms with Crippen molar-refractivity contribution in [2.24, 2.45) is 5.41 Å². The van der Waals surface area contributed by atoms with E-state index in [0.717, 1.165) is 24.7 Å². The van der Waals surface area contributed by atoms with Crippen molar-refractivity contribution in [3.05, 3.63) is 18.2 Å². The molecule has 17 heavy (non-hydrogen) atoms. The maximum absolute atomic E-state index is 4.60. The lowest BCUT2D eigenvalue weighted by molar-refractivity contribution is 0.238. The molecule has 0 amide bonds. The van der Waals surface area contributed by atoms with Gasteiger partial charge in [0.05, 0.1) is 0 Å². The minimum Gasteiger partial charge on any atom is -0.373 e. The Hall–Kier alpha value is -1.25. The number of nitrogens with zero attached hydrogens (tertiary/aromatic N) is 2. The lowest BCUT2D eigenvalue weighted by Gasteiger charge is -2.39. The number of rotatable bonds is 3. The van der Waals surface area contributed by atoms with Crippen LogP contribution in [0.5, 0.6) is 0 Å². The standard InChI is InChI=1S/C14H23N3/c1-4-14(2)8-10-17(11-9-14)13-7-5-6-12(15-3)16-13/h5-7H,4,8-11H2,1-3H3,(H,15,16). The highest BCUT2D eigenvalue weighted by Gasteiger charge is 2.28. The normalized spacial score (nSPS) is 19.1. The van der Waals surface area contributed by atoms with Gasteiger partial charge in [0.15, 0.2) is 0 Å². The van der Waals surface area contributed by atoms with Crippen molar-refractivity contribution in [1.29, 1.82) is 0 Å². The van der Waals surface area contributed by atoms with Gasteiger partial charge in [-0.15, -0.1) is 0 Å². The predicted molar refractivity (Wildman–Crippen MR) is 73.6 cm³/mol. The van der Waals surface area contributed by atoms with Crippen LogP contribution in [0.15, 0.2) is 18.2 Å². The summed E-state index contributed by atoms with van der Waals surface area (Å²) in [5.41, 5.74) is 0.539. The third kappa shape index (κ3) is 2.71. The molecule has 3 heteroatoms. The van der Waals surface area contributed by atoms with Crippen molar-refractivity contribution >= 4 is 11.6 Å². The van der Waals surface area contributed by atoms with E-state index >= 15 is 0 Å². The monoisotopic (exact) mass is 233 g/mol. The Bertz CT molecular complexity index is 367. The van der Waals surface area contributed by atoms with Crippen LogP contribution in [0, 0.1) is 5.41 Å². The number of piperidine rings is 1. The first kappa shape index (κ1) is 12.2. The van der Waals surface area contributed by atoms with E-state index in [2.05, 4.69) is 41.2 Å². The molecule has 0 saturated carbocycles. The van der Waals surface area contributed by atoms with Crippen LogP contribution < -0.4 is 10.2 Å². The maximum Gasteiger partial charge on any atom is 0.130 e. The fourth-order valence-corrected chi connectivity index (χ4v) is 2.37. The molecule has 3 nitrogen and oxygen atoms in total. The van der Waals surface area contributed by atoms with E-state index in [0.29, 0.717) is 5.41 Å². The SMILES string of the molecule is CCC1(C)CCN(c2cccc(NC)n2)CC1. The third-order valence-corrected chi connectivity index (χ3v) is 4.14. The molecule has 0 unspecified atom stereocenters. The average Bonchev–Trinajstić information content (AvgIpc) is 2.40. The summed E-state index contributed by atoms with van der Waals surface area (Å²) < 4.78 is 0. The number of anilines is 2. The van der Waals surface area contributed by atoms with Crippen molar-refractivity contribution in [3.8, 4) is 0 Å². The van der Waals surface area contributed by atoms with Gasteiger partial charge in [0, 0.05) is 20.1 Å². The smallest absolute Gasteiger partial charge is 0.130 e. The van der Waals surface area contributed by atoms with Crippen LogP contribution in [0.1, 0.15) is 33.1 Å². The summed E-state index contributed by atoms with van der Waals surface area (Å²) in [5, 5.41) is 3.10. The fraction of sp³-hybridized carbons (Fsp3) is 0.643. The Kier molecular flexibility index (Phi) is 3.55. The van der Waals surface area contributed by atoms with Gasteiger partial charge in [-0.1, -0.05) is 26.3 Å². The van der Waals surface area contributed by atoms with E-state index in [-0.39, 0.29) is 0 Å². The molecule has 2 heterocycles. The molecule has 0 spiro atoms. The van der Waals surface area contributed by atoms with Crippen molar-refractivity contribution in [1.82, 2.24) is 4.98 Å². The largest absolute Gasteiger partial charge is 0.373 e. The quantitative estimate of drug-likeness (QED) is 0.869. The van der Waals surface area contributed by atoms with Gasteiger partial charge in [-0.2, -0.15) is 0 Å². The molecule has 0 aliphatic carbocycles. The molecule has 1 fully saturated rings. The summed E-state index contributed by atoms with van der Waals surface area (Å²) in [5.74, 6) is 2.06. The first-order chi connectivity index (χ1) is 8.17. The number of hydrogen-bond acceptors (Lipinski definition) is 3. The van der Waals surface area contributed by atoms with Gasteiger partial charge in [-0.05, 0) is 30.4 Å². The van der Waals surface area contributed by atoms with Crippen LogP contribution in [-0.4, -0.2) is 25.1 Å². The van der Waals surface area contributed by atoms with Gasteiger partial charge in [-0.25, -0.2) is 4.98 Å². The molecule has 0 atom stereocenters. The second kappa shape index (κ2) is 4.94. The summed E-state index contributed by atoms with van der Waals surface area (Å²) in [7, 11) is 1.91. The molecule has 0 aromatic carbocycles. The molecular weight excluding hydrogens is 210 g/mol. The Morgan fingerprint density at radius 3 is 2.65 bits per heavy atom. The zero-order chi connectivity index (χ0) is 12.3. The van der Waals surface area contributed by atoms with E-state index in [9.17, 15) is 0 Å². The molecule has 1 aliphatic heterocycles. The van der Waals surface area contributed by atoms with Gasteiger partial charge in [0.25, 0.3) is 0 Å². The first-order valence-electron chi connectivity index (χ1n) is 6.57. The second-order valence-corrected chi connectivity index (χ2v) is 5.28. The van der Waals surface area contributed by atoms with Gasteiger partial charge >= 0.3 is 0 Å². The molecule has 0 bridgehead atoms.